The number of esters is 1. The number of halogens is 1. The number of carbonyl (C=O) groups is 3. The molecule has 7 nitrogen and oxygen atoms in total. The molecule has 0 unspecified atom stereocenters. The molecule has 0 bridgehead atoms. The maximum absolute atomic E-state index is 12.8. The molecule has 2 aromatic carbocycles. The van der Waals surface area contributed by atoms with E-state index in [2.05, 4.69) is 36.0 Å². The number of ketones is 1. The van der Waals surface area contributed by atoms with Crippen LogP contribution in [0.5, 0.6) is 0 Å². The molecule has 0 saturated heterocycles. The minimum atomic E-state index is -0.714. The molecule has 0 aliphatic heterocycles. The number of nitrogens with one attached hydrogen (secondary N) is 2. The average molecular weight is 428 g/mol. The molecule has 1 heterocycles. The van der Waals surface area contributed by atoms with Gasteiger partial charge in [-0.3, -0.25) is 9.59 Å². The van der Waals surface area contributed by atoms with Crippen LogP contribution in [0.15, 0.2) is 59.3 Å². The van der Waals surface area contributed by atoms with E-state index in [1.54, 1.807) is 42.5 Å². The zero-order chi connectivity index (χ0) is 19.4. The molecule has 0 atom stereocenters. The van der Waals surface area contributed by atoms with Crippen molar-refractivity contribution in [3.05, 3.63) is 81.8 Å². The number of imidazole rings is 1. The maximum Gasteiger partial charge on any atom is 0.356 e. The molecule has 3 rings (SSSR count). The molecule has 1 amide bonds. The van der Waals surface area contributed by atoms with Gasteiger partial charge < -0.3 is 15.0 Å². The molecule has 2 N–H and O–H groups in total. The van der Waals surface area contributed by atoms with Crippen LogP contribution in [0.2, 0.25) is 0 Å². The van der Waals surface area contributed by atoms with Crippen molar-refractivity contribution in [1.29, 1.82) is 0 Å². The lowest BCUT2D eigenvalue weighted by Gasteiger charge is -2.11. The number of ether oxygens (including phenoxy) is 1. The van der Waals surface area contributed by atoms with Crippen molar-refractivity contribution in [3.63, 3.8) is 0 Å². The Labute approximate surface area is 162 Å². The van der Waals surface area contributed by atoms with Crippen LogP contribution in [0.3, 0.4) is 0 Å². The van der Waals surface area contributed by atoms with Gasteiger partial charge in [0, 0.05) is 15.6 Å². The van der Waals surface area contributed by atoms with Crippen molar-refractivity contribution in [1.82, 2.24) is 9.97 Å². The largest absolute Gasteiger partial charge is 0.464 e. The van der Waals surface area contributed by atoms with Crippen LogP contribution in [0.4, 0.5) is 5.69 Å². The van der Waals surface area contributed by atoms with Crippen LogP contribution in [0.1, 0.15) is 36.9 Å². The van der Waals surface area contributed by atoms with E-state index in [4.69, 9.17) is 0 Å². The zero-order valence-electron chi connectivity index (χ0n) is 14.2. The summed E-state index contributed by atoms with van der Waals surface area (Å²) in [5, 5.41) is 2.64. The Hall–Kier alpha value is -3.26. The Morgan fingerprint density at radius 2 is 1.85 bits per heavy atom. The Kier molecular flexibility index (Phi) is 5.46. The van der Waals surface area contributed by atoms with Crippen LogP contribution >= 0.6 is 15.9 Å². The first kappa shape index (κ1) is 18.5. The van der Waals surface area contributed by atoms with E-state index in [-0.39, 0.29) is 17.2 Å². The average Bonchev–Trinajstić information content (AvgIpc) is 3.19. The number of carbonyl (C=O) groups excluding carboxylic acids is 3. The van der Waals surface area contributed by atoms with Gasteiger partial charge in [-0.25, -0.2) is 9.78 Å². The number of rotatable bonds is 5. The molecule has 136 valence electrons. The van der Waals surface area contributed by atoms with Gasteiger partial charge in [-0.2, -0.15) is 0 Å². The third kappa shape index (κ3) is 3.95. The highest BCUT2D eigenvalue weighted by Crippen LogP contribution is 2.24. The summed E-state index contributed by atoms with van der Waals surface area (Å²) in [4.78, 5) is 43.6. The summed E-state index contributed by atoms with van der Waals surface area (Å²) in [5.41, 5.74) is 0.905. The van der Waals surface area contributed by atoms with Crippen molar-refractivity contribution in [2.75, 3.05) is 12.4 Å². The number of H-pyrrole nitrogens is 1. The van der Waals surface area contributed by atoms with Crippen molar-refractivity contribution < 1.29 is 19.1 Å². The first-order valence-electron chi connectivity index (χ1n) is 7.83. The lowest BCUT2D eigenvalue weighted by atomic mass is 10.0. The zero-order valence-corrected chi connectivity index (χ0v) is 15.7. The summed E-state index contributed by atoms with van der Waals surface area (Å²) in [5.74, 6) is -1.60. The van der Waals surface area contributed by atoms with Gasteiger partial charge in [0.1, 0.15) is 0 Å². The second-order valence-corrected chi connectivity index (χ2v) is 6.37. The standard InChI is InChI=1S/C19H14BrN3O4/c1-27-19(26)16-15(21-10-22-16)18(25)23-14-8-7-12(20)9-13(14)17(24)11-5-3-2-4-6-11/h2-10H,1H3,(H,21,22)(H,23,25). The van der Waals surface area contributed by atoms with Crippen molar-refractivity contribution in [3.8, 4) is 0 Å². The molecule has 3 aromatic rings. The number of methoxy groups -OCH3 is 1. The lowest BCUT2D eigenvalue weighted by Crippen LogP contribution is -2.19. The second-order valence-electron chi connectivity index (χ2n) is 5.46. The van der Waals surface area contributed by atoms with Gasteiger partial charge in [0.05, 0.1) is 19.1 Å². The fourth-order valence-electron chi connectivity index (χ4n) is 2.46. The van der Waals surface area contributed by atoms with E-state index in [1.807, 2.05) is 6.07 Å². The molecule has 8 heteroatoms. The molecular weight excluding hydrogens is 414 g/mol. The molecule has 0 fully saturated rings. The van der Waals surface area contributed by atoms with E-state index >= 15 is 0 Å². The third-order valence-electron chi connectivity index (χ3n) is 3.75. The van der Waals surface area contributed by atoms with Gasteiger partial charge in [-0.05, 0) is 18.2 Å². The van der Waals surface area contributed by atoms with E-state index < -0.39 is 11.9 Å². The highest BCUT2D eigenvalue weighted by Gasteiger charge is 2.23. The van der Waals surface area contributed by atoms with E-state index in [9.17, 15) is 14.4 Å². The lowest BCUT2D eigenvalue weighted by molar-refractivity contribution is 0.0591. The van der Waals surface area contributed by atoms with Crippen LogP contribution in [-0.4, -0.2) is 34.7 Å². The summed E-state index contributed by atoms with van der Waals surface area (Å²) in [7, 11) is 1.20. The second kappa shape index (κ2) is 7.96. The van der Waals surface area contributed by atoms with E-state index in [1.165, 1.54) is 13.4 Å². The number of amides is 1. The predicted octanol–water partition coefficient (Wildman–Crippen LogP) is 3.44. The van der Waals surface area contributed by atoms with Gasteiger partial charge in [0.2, 0.25) is 0 Å². The van der Waals surface area contributed by atoms with E-state index in [0.717, 1.165) is 0 Å². The summed E-state index contributed by atoms with van der Waals surface area (Å²) in [6, 6.07) is 13.6. The Bertz CT molecular complexity index is 1010. The monoisotopic (exact) mass is 427 g/mol. The Balaban J connectivity index is 1.94. The molecule has 27 heavy (non-hydrogen) atoms. The highest BCUT2D eigenvalue weighted by molar-refractivity contribution is 9.10. The fraction of sp³-hybridized carbons (Fsp3) is 0.0526. The first-order valence-corrected chi connectivity index (χ1v) is 8.63. The summed E-state index contributed by atoms with van der Waals surface area (Å²) in [6.45, 7) is 0. The Morgan fingerprint density at radius 1 is 1.11 bits per heavy atom. The summed E-state index contributed by atoms with van der Waals surface area (Å²) in [6.07, 6.45) is 1.22. The number of aromatic amines is 1. The smallest absolute Gasteiger partial charge is 0.356 e. The Morgan fingerprint density at radius 3 is 2.56 bits per heavy atom. The summed E-state index contributed by atoms with van der Waals surface area (Å²) >= 11 is 3.34. The fourth-order valence-corrected chi connectivity index (χ4v) is 2.83. The minimum Gasteiger partial charge on any atom is -0.464 e. The van der Waals surface area contributed by atoms with E-state index in [0.29, 0.717) is 21.3 Å². The van der Waals surface area contributed by atoms with Crippen LogP contribution in [-0.2, 0) is 4.74 Å². The first-order chi connectivity index (χ1) is 13.0. The molecule has 0 radical (unpaired) electrons. The quantitative estimate of drug-likeness (QED) is 0.479. The molecule has 1 aromatic heterocycles. The number of aromatic nitrogens is 2. The van der Waals surface area contributed by atoms with Crippen LogP contribution < -0.4 is 5.32 Å². The normalized spacial score (nSPS) is 10.3. The predicted molar refractivity (Wildman–Crippen MR) is 102 cm³/mol. The van der Waals surface area contributed by atoms with Crippen molar-refractivity contribution in [2.24, 2.45) is 0 Å². The van der Waals surface area contributed by atoms with Gasteiger partial charge in [0.15, 0.2) is 17.2 Å². The summed E-state index contributed by atoms with van der Waals surface area (Å²) < 4.78 is 5.31. The third-order valence-corrected chi connectivity index (χ3v) is 4.25. The molecule has 0 aliphatic carbocycles. The number of benzene rings is 2. The number of anilines is 1. The minimum absolute atomic E-state index is 0.0666. The molecular formula is C19H14BrN3O4. The topological polar surface area (TPSA) is 101 Å². The number of hydrogen-bond acceptors (Lipinski definition) is 5. The number of nitrogens with zero attached hydrogens (tertiary/aromatic N) is 1. The molecule has 0 saturated carbocycles. The van der Waals surface area contributed by atoms with Gasteiger partial charge >= 0.3 is 5.97 Å². The van der Waals surface area contributed by atoms with Gasteiger partial charge in [0.25, 0.3) is 5.91 Å². The molecule has 0 aliphatic rings. The van der Waals surface area contributed by atoms with Crippen molar-refractivity contribution >= 4 is 39.3 Å². The maximum atomic E-state index is 12.8. The van der Waals surface area contributed by atoms with Crippen LogP contribution in [0, 0.1) is 0 Å². The van der Waals surface area contributed by atoms with Crippen LogP contribution in [0.25, 0.3) is 0 Å². The molecule has 0 spiro atoms. The van der Waals surface area contributed by atoms with Gasteiger partial charge in [-0.1, -0.05) is 46.3 Å². The highest BCUT2D eigenvalue weighted by atomic mass is 79.9. The van der Waals surface area contributed by atoms with Gasteiger partial charge in [-0.15, -0.1) is 0 Å². The SMILES string of the molecule is COC(=O)c1[nH]cnc1C(=O)Nc1ccc(Br)cc1C(=O)c1ccccc1. The number of hydrogen-bond donors (Lipinski definition) is 2. The van der Waals surface area contributed by atoms with Crippen molar-refractivity contribution in [2.45, 2.75) is 0 Å².